The number of aromatic nitrogens is 8. The molecule has 0 aliphatic heterocycles. The number of pyridine rings is 4. The van der Waals surface area contributed by atoms with Gasteiger partial charge in [0.1, 0.15) is 0 Å². The number of hydrogen-bond acceptors (Lipinski definition) is 8. The van der Waals surface area contributed by atoms with Crippen LogP contribution in [0, 0.1) is 13.8 Å². The summed E-state index contributed by atoms with van der Waals surface area (Å²) < 4.78 is 0. The van der Waals surface area contributed by atoms with E-state index in [2.05, 4.69) is 352 Å². The van der Waals surface area contributed by atoms with Gasteiger partial charge in [0.2, 0.25) is 0 Å². The number of fused-ring (bicyclic) bond motifs is 6. The van der Waals surface area contributed by atoms with Crippen molar-refractivity contribution >= 4 is 43.6 Å². The quantitative estimate of drug-likeness (QED) is 0.0992. The lowest BCUT2D eigenvalue weighted by molar-refractivity contribution is 1.18. The van der Waals surface area contributed by atoms with Crippen LogP contribution >= 0.6 is 0 Å². The second-order valence-corrected chi connectivity index (χ2v) is 28.7. The molecule has 0 saturated heterocycles. The fraction of sp³-hybridized carbons (Fsp3) is 0.0189. The third kappa shape index (κ3) is 14.4. The van der Waals surface area contributed by atoms with E-state index in [1.807, 2.05) is 62.4 Å². The Morgan fingerprint density at radius 1 is 0.149 bits per heavy atom. The van der Waals surface area contributed by atoms with Crippen LogP contribution in [0.1, 0.15) is 11.4 Å². The number of aryl methyl sites for hydroxylation is 2. The molecule has 6 heterocycles. The minimum Gasteiger partial charge on any atom is -0.251 e. The summed E-state index contributed by atoms with van der Waals surface area (Å²) in [4.78, 5) is 40.6. The minimum absolute atomic E-state index is 0.697. The van der Waals surface area contributed by atoms with Gasteiger partial charge in [-0.1, -0.05) is 364 Å². The SMILES string of the molecule is Cc1ccc2ccc3c(-c4ccccc4)cc(-c4ccc(-c5ccc(-c6cc(-c7ccc(-c8ccccc8)cc7)nc(-c7ccccc7)n6)cc5)cc4)nc3c2n1.Cc1ccc2ccc3c(-c4ccccc4)cc(-c4ccc(-c5ccc(-c6cc(-c7ccccc7)nc(-c7ccc(-c8ccccc8)cc7)n6)cc5)cc4)nc3c2n1. The molecule has 0 saturated carbocycles. The van der Waals surface area contributed by atoms with Crippen LogP contribution in [0.25, 0.3) is 201 Å². The maximum Gasteiger partial charge on any atom is 0.160 e. The molecule has 8 heteroatoms. The molecule has 0 bridgehead atoms. The molecule has 14 aromatic carbocycles. The van der Waals surface area contributed by atoms with Crippen molar-refractivity contribution in [3.05, 3.63) is 412 Å². The Balaban J connectivity index is 0.000000153. The van der Waals surface area contributed by atoms with Gasteiger partial charge in [-0.15, -0.1) is 0 Å². The molecule has 536 valence electrons. The fourth-order valence-corrected chi connectivity index (χ4v) is 15.1. The van der Waals surface area contributed by atoms with E-state index in [1.54, 1.807) is 0 Å². The van der Waals surface area contributed by atoms with Gasteiger partial charge in [0.15, 0.2) is 11.6 Å². The molecule has 0 N–H and O–H groups in total. The van der Waals surface area contributed by atoms with E-state index in [0.717, 1.165) is 184 Å². The summed E-state index contributed by atoms with van der Waals surface area (Å²) >= 11 is 0. The van der Waals surface area contributed by atoms with E-state index in [1.165, 1.54) is 16.7 Å². The van der Waals surface area contributed by atoms with E-state index in [0.29, 0.717) is 11.6 Å². The number of hydrogen-bond donors (Lipinski definition) is 0. The molecule has 0 atom stereocenters. The summed E-state index contributed by atoms with van der Waals surface area (Å²) in [7, 11) is 0. The highest BCUT2D eigenvalue weighted by atomic mass is 14.9. The summed E-state index contributed by atoms with van der Waals surface area (Å²) in [5.41, 5.74) is 33.0. The lowest BCUT2D eigenvalue weighted by atomic mass is 9.96. The molecule has 0 fully saturated rings. The molecular formula is C106H72N8. The van der Waals surface area contributed by atoms with Crippen molar-refractivity contribution in [1.29, 1.82) is 0 Å². The Bertz CT molecular complexity index is 6450. The molecule has 0 amide bonds. The largest absolute Gasteiger partial charge is 0.251 e. The van der Waals surface area contributed by atoms with Gasteiger partial charge in [-0.05, 0) is 117 Å². The first kappa shape index (κ1) is 69.3. The number of rotatable bonds is 14. The van der Waals surface area contributed by atoms with Gasteiger partial charge in [0.25, 0.3) is 0 Å². The van der Waals surface area contributed by atoms with Crippen LogP contribution < -0.4 is 0 Å². The predicted molar refractivity (Wildman–Crippen MR) is 471 cm³/mol. The van der Waals surface area contributed by atoms with Crippen molar-refractivity contribution in [3.63, 3.8) is 0 Å². The molecule has 20 rings (SSSR count). The topological polar surface area (TPSA) is 103 Å². The second-order valence-electron chi connectivity index (χ2n) is 28.7. The fourth-order valence-electron chi connectivity index (χ4n) is 15.1. The van der Waals surface area contributed by atoms with Crippen molar-refractivity contribution in [3.8, 4) is 157 Å². The van der Waals surface area contributed by atoms with Gasteiger partial charge in [0, 0.05) is 77.4 Å². The van der Waals surface area contributed by atoms with Crippen molar-refractivity contribution < 1.29 is 0 Å². The van der Waals surface area contributed by atoms with Gasteiger partial charge >= 0.3 is 0 Å². The van der Waals surface area contributed by atoms with E-state index in [9.17, 15) is 0 Å². The zero-order chi connectivity index (χ0) is 76.3. The predicted octanol–water partition coefficient (Wildman–Crippen LogP) is 27.1. The average molecular weight is 1460 g/mol. The van der Waals surface area contributed by atoms with E-state index >= 15 is 0 Å². The van der Waals surface area contributed by atoms with Crippen LogP contribution in [-0.4, -0.2) is 39.9 Å². The summed E-state index contributed by atoms with van der Waals surface area (Å²) in [5.74, 6) is 1.40. The molecule has 0 spiro atoms. The highest BCUT2D eigenvalue weighted by molar-refractivity contribution is 6.11. The molecule has 0 aliphatic carbocycles. The molecule has 6 aromatic heterocycles. The van der Waals surface area contributed by atoms with Crippen LogP contribution in [-0.2, 0) is 0 Å². The Morgan fingerprint density at radius 2 is 0.360 bits per heavy atom. The van der Waals surface area contributed by atoms with E-state index in [4.69, 9.17) is 39.9 Å². The van der Waals surface area contributed by atoms with Gasteiger partial charge < -0.3 is 0 Å². The highest BCUT2D eigenvalue weighted by Gasteiger charge is 2.19. The summed E-state index contributed by atoms with van der Waals surface area (Å²) in [5, 5.41) is 4.37. The number of benzene rings is 14. The minimum atomic E-state index is 0.697. The zero-order valence-electron chi connectivity index (χ0n) is 62.7. The lowest BCUT2D eigenvalue weighted by Gasteiger charge is -2.13. The Hall–Kier alpha value is -15.1. The maximum atomic E-state index is 5.25. The number of nitrogens with zero attached hydrogens (tertiary/aromatic N) is 8. The maximum absolute atomic E-state index is 5.25. The normalized spacial score (nSPS) is 11.2. The van der Waals surface area contributed by atoms with Crippen molar-refractivity contribution in [1.82, 2.24) is 39.9 Å². The standard InChI is InChI=1S/2C53H36N4/c1-35-17-18-44-31-32-46-47(40-13-7-3-8-14-40)33-48(55-52(46)51(44)54-35)41-25-21-38(22-26-41)39-23-29-43(30-24-39)50-34-49(56-53(57-50)45-15-9-4-10-16-45)42-27-19-37(20-28-42)36-11-5-2-6-12-36;1-35-17-18-44-31-32-46-47(40-13-7-3-8-14-40)33-48(55-52(46)51(44)54-35)42-25-19-38(20-26-42)39-21-27-43(28-22-39)50-34-49(41-15-9-4-10-16-41)56-53(57-50)45-29-23-37(24-30-45)36-11-5-2-6-12-36/h2*2-34H,1H3. The van der Waals surface area contributed by atoms with Crippen LogP contribution in [0.5, 0.6) is 0 Å². The smallest absolute Gasteiger partial charge is 0.160 e. The third-order valence-electron chi connectivity index (χ3n) is 21.2. The molecule has 8 nitrogen and oxygen atoms in total. The second kappa shape index (κ2) is 30.7. The average Bonchev–Trinajstić information content (AvgIpc) is 1.46. The highest BCUT2D eigenvalue weighted by Crippen LogP contribution is 2.40. The first-order chi connectivity index (χ1) is 56.2. The lowest BCUT2D eigenvalue weighted by Crippen LogP contribution is -1.96. The van der Waals surface area contributed by atoms with Gasteiger partial charge in [-0.3, -0.25) is 9.97 Å². The molecule has 0 radical (unpaired) electrons. The van der Waals surface area contributed by atoms with Gasteiger partial charge in [-0.25, -0.2) is 29.9 Å². The van der Waals surface area contributed by atoms with E-state index in [-0.39, 0.29) is 0 Å². The Morgan fingerprint density at radius 3 is 0.658 bits per heavy atom. The molecule has 0 unspecified atom stereocenters. The summed E-state index contributed by atoms with van der Waals surface area (Å²) in [6.07, 6.45) is 0. The van der Waals surface area contributed by atoms with Crippen molar-refractivity contribution in [2.45, 2.75) is 13.8 Å². The Labute approximate surface area is 662 Å². The molecule has 114 heavy (non-hydrogen) atoms. The van der Waals surface area contributed by atoms with Crippen LogP contribution in [0.3, 0.4) is 0 Å². The Kier molecular flexibility index (Phi) is 18.7. The molecule has 0 aliphatic rings. The summed E-state index contributed by atoms with van der Waals surface area (Å²) in [6.45, 7) is 4.06. The van der Waals surface area contributed by atoms with Gasteiger partial charge in [0.05, 0.1) is 56.2 Å². The molecular weight excluding hydrogens is 1390 g/mol. The summed E-state index contributed by atoms with van der Waals surface area (Å²) in [6, 6.07) is 140. The van der Waals surface area contributed by atoms with Gasteiger partial charge in [-0.2, -0.15) is 0 Å². The molecule has 20 aromatic rings. The third-order valence-corrected chi connectivity index (χ3v) is 21.2. The van der Waals surface area contributed by atoms with Crippen LogP contribution in [0.4, 0.5) is 0 Å². The van der Waals surface area contributed by atoms with Crippen LogP contribution in [0.15, 0.2) is 400 Å². The van der Waals surface area contributed by atoms with E-state index < -0.39 is 0 Å². The van der Waals surface area contributed by atoms with Crippen molar-refractivity contribution in [2.24, 2.45) is 0 Å². The first-order valence-electron chi connectivity index (χ1n) is 38.4. The first-order valence-corrected chi connectivity index (χ1v) is 38.4. The van der Waals surface area contributed by atoms with Crippen LogP contribution in [0.2, 0.25) is 0 Å². The van der Waals surface area contributed by atoms with Crippen molar-refractivity contribution in [2.75, 3.05) is 0 Å². The zero-order valence-corrected chi connectivity index (χ0v) is 62.7. The monoisotopic (exact) mass is 1460 g/mol.